The Balaban J connectivity index is 2.32. The number of ether oxygens (including phenoxy) is 1. The zero-order chi connectivity index (χ0) is 14.8. The summed E-state index contributed by atoms with van der Waals surface area (Å²) in [6.07, 6.45) is 10.1. The fraction of sp³-hybridized carbons (Fsp3) is 0.579. The van der Waals surface area contributed by atoms with Crippen LogP contribution in [0.3, 0.4) is 0 Å². The molecule has 0 N–H and O–H groups in total. The fourth-order valence-corrected chi connectivity index (χ4v) is 2.51. The van der Waals surface area contributed by atoms with Gasteiger partial charge in [-0.25, -0.2) is 0 Å². The zero-order valence-electron chi connectivity index (χ0n) is 13.5. The molecule has 1 aromatic carbocycles. The largest absolute Gasteiger partial charge is 0.374 e. The molecule has 0 aliphatic carbocycles. The van der Waals surface area contributed by atoms with Crippen LogP contribution in [0.15, 0.2) is 24.8 Å². The molecule has 0 spiro atoms. The summed E-state index contributed by atoms with van der Waals surface area (Å²) >= 11 is 0. The van der Waals surface area contributed by atoms with Crippen LogP contribution in [0.25, 0.3) is 6.08 Å². The van der Waals surface area contributed by atoms with Crippen LogP contribution in [0.1, 0.15) is 69.1 Å². The van der Waals surface area contributed by atoms with E-state index in [1.807, 2.05) is 6.08 Å². The molecule has 1 unspecified atom stereocenters. The van der Waals surface area contributed by atoms with Gasteiger partial charge in [0.15, 0.2) is 0 Å². The molecule has 0 heterocycles. The van der Waals surface area contributed by atoms with Gasteiger partial charge >= 0.3 is 0 Å². The number of hydrogen-bond donors (Lipinski definition) is 0. The molecule has 1 aromatic rings. The molecule has 0 aromatic heterocycles. The molecule has 0 aliphatic heterocycles. The fourth-order valence-electron chi connectivity index (χ4n) is 2.51. The molecule has 0 radical (unpaired) electrons. The van der Waals surface area contributed by atoms with E-state index < -0.39 is 0 Å². The first-order valence-electron chi connectivity index (χ1n) is 8.01. The van der Waals surface area contributed by atoms with E-state index in [1.54, 1.807) is 0 Å². The molecule has 1 rings (SSSR count). The maximum atomic E-state index is 5.98. The van der Waals surface area contributed by atoms with Crippen molar-refractivity contribution in [2.75, 3.05) is 0 Å². The van der Waals surface area contributed by atoms with Crippen molar-refractivity contribution in [1.82, 2.24) is 0 Å². The molecule has 1 nitrogen and oxygen atoms in total. The Morgan fingerprint density at radius 1 is 1.20 bits per heavy atom. The second-order valence-electron chi connectivity index (χ2n) is 5.68. The van der Waals surface area contributed by atoms with Crippen molar-refractivity contribution >= 4 is 6.08 Å². The van der Waals surface area contributed by atoms with Crippen LogP contribution >= 0.6 is 0 Å². The van der Waals surface area contributed by atoms with Crippen molar-refractivity contribution < 1.29 is 4.74 Å². The lowest BCUT2D eigenvalue weighted by Gasteiger charge is -2.15. The Labute approximate surface area is 125 Å². The summed E-state index contributed by atoms with van der Waals surface area (Å²) in [6, 6.07) is 6.35. The van der Waals surface area contributed by atoms with Crippen LogP contribution in [0.4, 0.5) is 0 Å². The van der Waals surface area contributed by atoms with Gasteiger partial charge in [-0.1, -0.05) is 69.9 Å². The van der Waals surface area contributed by atoms with Crippen molar-refractivity contribution in [1.29, 1.82) is 0 Å². The van der Waals surface area contributed by atoms with Crippen LogP contribution in [-0.2, 0) is 11.3 Å². The van der Waals surface area contributed by atoms with E-state index in [1.165, 1.54) is 55.2 Å². The number of aryl methyl sites for hydroxylation is 1. The molecular weight excluding hydrogens is 244 g/mol. The third kappa shape index (κ3) is 5.92. The van der Waals surface area contributed by atoms with E-state index in [-0.39, 0.29) is 0 Å². The summed E-state index contributed by atoms with van der Waals surface area (Å²) in [5.41, 5.74) is 3.74. The van der Waals surface area contributed by atoms with Crippen molar-refractivity contribution in [3.63, 3.8) is 0 Å². The molecule has 0 amide bonds. The normalized spacial score (nSPS) is 12.3. The molecule has 112 valence electrons. The highest BCUT2D eigenvalue weighted by molar-refractivity contribution is 5.55. The highest BCUT2D eigenvalue weighted by atomic mass is 16.5. The summed E-state index contributed by atoms with van der Waals surface area (Å²) in [4.78, 5) is 0. The average molecular weight is 274 g/mol. The predicted molar refractivity (Wildman–Crippen MR) is 88.9 cm³/mol. The molecule has 0 saturated heterocycles. The van der Waals surface area contributed by atoms with E-state index in [9.17, 15) is 0 Å². The molecule has 20 heavy (non-hydrogen) atoms. The Morgan fingerprint density at radius 2 is 1.95 bits per heavy atom. The standard InChI is InChI=1S/C19H30O/c1-5-7-8-9-10-13-17(4)20-15-18-14-11-12-16(3)19(18)6-2/h6,11-12,14,17H,2,5,7-10,13,15H2,1,3-4H3. The molecular formula is C19H30O. The number of hydrogen-bond acceptors (Lipinski definition) is 1. The lowest BCUT2D eigenvalue weighted by Crippen LogP contribution is -2.09. The minimum absolute atomic E-state index is 0.342. The monoisotopic (exact) mass is 274 g/mol. The first-order chi connectivity index (χ1) is 9.69. The topological polar surface area (TPSA) is 9.23 Å². The molecule has 0 saturated carbocycles. The second kappa shape index (κ2) is 9.77. The third-order valence-electron chi connectivity index (χ3n) is 3.86. The Hall–Kier alpha value is -1.08. The van der Waals surface area contributed by atoms with Crippen molar-refractivity contribution in [3.05, 3.63) is 41.5 Å². The Bertz CT molecular complexity index is 395. The quantitative estimate of drug-likeness (QED) is 0.482. The first-order valence-corrected chi connectivity index (χ1v) is 8.01. The van der Waals surface area contributed by atoms with Gasteiger partial charge < -0.3 is 4.74 Å². The van der Waals surface area contributed by atoms with Crippen LogP contribution in [0, 0.1) is 6.92 Å². The summed E-state index contributed by atoms with van der Waals surface area (Å²) in [5.74, 6) is 0. The summed E-state index contributed by atoms with van der Waals surface area (Å²) < 4.78 is 5.98. The SMILES string of the molecule is C=Cc1c(C)cccc1COC(C)CCCCCCC. The van der Waals surface area contributed by atoms with E-state index in [4.69, 9.17) is 4.74 Å². The average Bonchev–Trinajstić information content (AvgIpc) is 2.45. The molecule has 1 heteroatoms. The Kier molecular flexibility index (Phi) is 8.29. The maximum Gasteiger partial charge on any atom is 0.0726 e. The number of benzene rings is 1. The minimum Gasteiger partial charge on any atom is -0.374 e. The lowest BCUT2D eigenvalue weighted by molar-refractivity contribution is 0.0458. The van der Waals surface area contributed by atoms with E-state index in [2.05, 4.69) is 45.5 Å². The number of rotatable bonds is 10. The summed E-state index contributed by atoms with van der Waals surface area (Å²) in [6.45, 7) is 11.2. The molecule has 0 aliphatic rings. The highest BCUT2D eigenvalue weighted by Crippen LogP contribution is 2.18. The van der Waals surface area contributed by atoms with Gasteiger partial charge in [-0.15, -0.1) is 0 Å². The van der Waals surface area contributed by atoms with Gasteiger partial charge in [-0.3, -0.25) is 0 Å². The summed E-state index contributed by atoms with van der Waals surface area (Å²) in [7, 11) is 0. The van der Waals surface area contributed by atoms with Gasteiger partial charge in [0.05, 0.1) is 12.7 Å². The van der Waals surface area contributed by atoms with Gasteiger partial charge in [0.2, 0.25) is 0 Å². The van der Waals surface area contributed by atoms with Gasteiger partial charge in [-0.2, -0.15) is 0 Å². The highest BCUT2D eigenvalue weighted by Gasteiger charge is 2.06. The predicted octanol–water partition coefficient (Wildman–Crippen LogP) is 5.90. The maximum absolute atomic E-state index is 5.98. The first kappa shape index (κ1) is 17.0. The second-order valence-corrected chi connectivity index (χ2v) is 5.68. The van der Waals surface area contributed by atoms with Gasteiger partial charge in [0.25, 0.3) is 0 Å². The molecule has 0 bridgehead atoms. The number of unbranched alkanes of at least 4 members (excludes halogenated alkanes) is 4. The van der Waals surface area contributed by atoms with Crippen molar-refractivity contribution in [3.8, 4) is 0 Å². The minimum atomic E-state index is 0.342. The molecule has 1 atom stereocenters. The third-order valence-corrected chi connectivity index (χ3v) is 3.86. The van der Waals surface area contributed by atoms with Gasteiger partial charge in [0, 0.05) is 0 Å². The lowest BCUT2D eigenvalue weighted by atomic mass is 10.0. The Morgan fingerprint density at radius 3 is 2.65 bits per heavy atom. The van der Waals surface area contributed by atoms with Crippen LogP contribution < -0.4 is 0 Å². The molecule has 0 fully saturated rings. The van der Waals surface area contributed by atoms with E-state index in [0.29, 0.717) is 12.7 Å². The van der Waals surface area contributed by atoms with Crippen LogP contribution in [-0.4, -0.2) is 6.10 Å². The van der Waals surface area contributed by atoms with Crippen molar-refractivity contribution in [2.24, 2.45) is 0 Å². The smallest absolute Gasteiger partial charge is 0.0726 e. The van der Waals surface area contributed by atoms with Gasteiger partial charge in [0.1, 0.15) is 0 Å². The van der Waals surface area contributed by atoms with Crippen molar-refractivity contribution in [2.45, 2.75) is 72.0 Å². The van der Waals surface area contributed by atoms with Gasteiger partial charge in [-0.05, 0) is 37.0 Å². The summed E-state index contributed by atoms with van der Waals surface area (Å²) in [5, 5.41) is 0. The van der Waals surface area contributed by atoms with E-state index in [0.717, 1.165) is 0 Å². The van der Waals surface area contributed by atoms with Crippen LogP contribution in [0.2, 0.25) is 0 Å². The zero-order valence-corrected chi connectivity index (χ0v) is 13.5. The van der Waals surface area contributed by atoms with E-state index >= 15 is 0 Å². The van der Waals surface area contributed by atoms with Crippen LogP contribution in [0.5, 0.6) is 0 Å².